The molecule has 4 N–H and O–H groups in total. The monoisotopic (exact) mass is 445 g/mol. The molecule has 0 saturated carbocycles. The van der Waals surface area contributed by atoms with Crippen molar-refractivity contribution >= 4 is 33.3 Å². The van der Waals surface area contributed by atoms with Crippen LogP contribution in [0.25, 0.3) is 21.7 Å². The van der Waals surface area contributed by atoms with Gasteiger partial charge in [0.15, 0.2) is 5.43 Å². The number of amides is 1. The summed E-state index contributed by atoms with van der Waals surface area (Å²) in [5, 5.41) is 32.7. The van der Waals surface area contributed by atoms with E-state index < -0.39 is 40.1 Å². The molecule has 0 saturated heterocycles. The fourth-order valence-electron chi connectivity index (χ4n) is 3.47. The van der Waals surface area contributed by atoms with E-state index in [0.717, 1.165) is 30.3 Å². The van der Waals surface area contributed by atoms with Crippen LogP contribution in [0.3, 0.4) is 0 Å². The Morgan fingerprint density at radius 2 is 1.62 bits per heavy atom. The van der Waals surface area contributed by atoms with E-state index in [0.29, 0.717) is 0 Å². The summed E-state index contributed by atoms with van der Waals surface area (Å²) < 4.78 is 43.7. The SMILES string of the molecule is Cc1cc(O)c2c(O)c3c(=O)cc(O)c(C(=O)Nc4ccc(C(F)(F)F)cc4)c3cc2o1. The quantitative estimate of drug-likeness (QED) is 0.334. The van der Waals surface area contributed by atoms with Crippen molar-refractivity contribution in [3.63, 3.8) is 0 Å². The Bertz CT molecular complexity index is 1460. The van der Waals surface area contributed by atoms with Crippen LogP contribution in [0.15, 0.2) is 51.7 Å². The Labute approximate surface area is 177 Å². The van der Waals surface area contributed by atoms with Crippen LogP contribution in [0.4, 0.5) is 18.9 Å². The standard InChI is InChI=1S/C22H14F3NO6/c1-9-6-13(27)19-16(32-9)7-12-17(20(19)30)14(28)8-15(29)18(12)21(31)26-11-4-2-10(3-5-11)22(23,24)25/h2-8,27,29-30H,1H3,(H,26,31). The fourth-order valence-corrected chi connectivity index (χ4v) is 3.47. The second-order valence-corrected chi connectivity index (χ2v) is 7.06. The molecule has 1 heterocycles. The number of benzene rings is 3. The first kappa shape index (κ1) is 21.0. The average molecular weight is 445 g/mol. The molecule has 1 amide bonds. The minimum Gasteiger partial charge on any atom is -0.507 e. The highest BCUT2D eigenvalue weighted by atomic mass is 19.4. The summed E-state index contributed by atoms with van der Waals surface area (Å²) in [5.74, 6) is -2.38. The van der Waals surface area contributed by atoms with Gasteiger partial charge in [-0.3, -0.25) is 9.59 Å². The minimum atomic E-state index is -4.55. The van der Waals surface area contributed by atoms with Crippen LogP contribution >= 0.6 is 0 Å². The van der Waals surface area contributed by atoms with E-state index in [2.05, 4.69) is 5.32 Å². The third kappa shape index (κ3) is 3.45. The van der Waals surface area contributed by atoms with Crippen LogP contribution in [-0.4, -0.2) is 21.2 Å². The summed E-state index contributed by atoms with van der Waals surface area (Å²) in [6.07, 6.45) is -4.55. The largest absolute Gasteiger partial charge is 0.507 e. The van der Waals surface area contributed by atoms with Gasteiger partial charge in [-0.1, -0.05) is 0 Å². The summed E-state index contributed by atoms with van der Waals surface area (Å²) in [7, 11) is 0. The normalized spacial score (nSPS) is 11.8. The lowest BCUT2D eigenvalue weighted by Gasteiger charge is -2.13. The molecule has 7 nitrogen and oxygen atoms in total. The Morgan fingerprint density at radius 3 is 2.25 bits per heavy atom. The molecule has 4 rings (SSSR count). The van der Waals surface area contributed by atoms with Crippen molar-refractivity contribution in [1.29, 1.82) is 0 Å². The number of rotatable bonds is 2. The minimum absolute atomic E-state index is 0.00457. The highest BCUT2D eigenvalue weighted by molar-refractivity contribution is 6.18. The molecule has 0 atom stereocenters. The van der Waals surface area contributed by atoms with Crippen molar-refractivity contribution < 1.29 is 37.7 Å². The topological polar surface area (TPSA) is 120 Å². The van der Waals surface area contributed by atoms with Crippen molar-refractivity contribution in [1.82, 2.24) is 0 Å². The van der Waals surface area contributed by atoms with E-state index in [9.17, 15) is 38.1 Å². The van der Waals surface area contributed by atoms with Gasteiger partial charge < -0.3 is 25.1 Å². The number of anilines is 1. The predicted octanol–water partition coefficient (Wildman–Crippen LogP) is 4.64. The van der Waals surface area contributed by atoms with E-state index in [1.165, 1.54) is 19.1 Å². The molecule has 0 radical (unpaired) electrons. The first-order valence-electron chi connectivity index (χ1n) is 9.11. The molecule has 1 aromatic heterocycles. The molecule has 32 heavy (non-hydrogen) atoms. The van der Waals surface area contributed by atoms with Gasteiger partial charge in [-0.2, -0.15) is 13.2 Å². The van der Waals surface area contributed by atoms with E-state index in [4.69, 9.17) is 4.42 Å². The van der Waals surface area contributed by atoms with Gasteiger partial charge in [-0.25, -0.2) is 0 Å². The molecule has 3 aromatic carbocycles. The van der Waals surface area contributed by atoms with Crippen LogP contribution in [0, 0.1) is 6.92 Å². The third-order valence-electron chi connectivity index (χ3n) is 4.87. The average Bonchev–Trinajstić information content (AvgIpc) is 2.66. The zero-order valence-electron chi connectivity index (χ0n) is 16.2. The fraction of sp³-hybridized carbons (Fsp3) is 0.0909. The molecule has 0 aliphatic carbocycles. The summed E-state index contributed by atoms with van der Waals surface area (Å²) in [4.78, 5) is 25.3. The number of carbonyl (C=O) groups excluding carboxylic acids is 1. The number of phenols is 2. The zero-order chi connectivity index (χ0) is 23.4. The van der Waals surface area contributed by atoms with Crippen molar-refractivity contribution in [2.75, 3.05) is 5.32 Å². The Morgan fingerprint density at radius 1 is 0.969 bits per heavy atom. The second-order valence-electron chi connectivity index (χ2n) is 7.06. The lowest BCUT2D eigenvalue weighted by molar-refractivity contribution is -0.137. The lowest BCUT2D eigenvalue weighted by atomic mass is 9.98. The Hall–Kier alpha value is -4.21. The maximum Gasteiger partial charge on any atom is 0.416 e. The number of alkyl halides is 3. The van der Waals surface area contributed by atoms with Gasteiger partial charge in [0, 0.05) is 23.2 Å². The molecule has 4 aromatic rings. The van der Waals surface area contributed by atoms with Crippen LogP contribution in [-0.2, 0) is 6.18 Å². The molecule has 0 bridgehead atoms. The molecule has 0 unspecified atom stereocenters. The number of aromatic hydroxyl groups is 3. The highest BCUT2D eigenvalue weighted by Crippen LogP contribution is 2.41. The number of carbonyl (C=O) groups is 1. The third-order valence-corrected chi connectivity index (χ3v) is 4.87. The Kier molecular flexibility index (Phi) is 4.73. The van der Waals surface area contributed by atoms with E-state index >= 15 is 0 Å². The summed E-state index contributed by atoms with van der Waals surface area (Å²) in [6.45, 7) is 1.53. The van der Waals surface area contributed by atoms with Crippen LogP contribution in [0.5, 0.6) is 17.2 Å². The number of halogens is 3. The second kappa shape index (κ2) is 7.19. The maximum atomic E-state index is 12.9. The molecule has 0 aliphatic heterocycles. The van der Waals surface area contributed by atoms with Gasteiger partial charge in [-0.05, 0) is 37.3 Å². The van der Waals surface area contributed by atoms with E-state index in [1.54, 1.807) is 0 Å². The summed E-state index contributed by atoms with van der Waals surface area (Å²) >= 11 is 0. The van der Waals surface area contributed by atoms with Crippen LogP contribution in [0.1, 0.15) is 21.7 Å². The van der Waals surface area contributed by atoms with Crippen molar-refractivity contribution in [3.05, 3.63) is 69.6 Å². The van der Waals surface area contributed by atoms with E-state index in [1.807, 2.05) is 0 Å². The number of hydrogen-bond acceptors (Lipinski definition) is 6. The molecular weight excluding hydrogens is 431 g/mol. The summed E-state index contributed by atoms with van der Waals surface area (Å²) in [5.41, 5.74) is -2.19. The van der Waals surface area contributed by atoms with Gasteiger partial charge in [0.1, 0.15) is 34.0 Å². The molecule has 10 heteroatoms. The number of nitrogens with one attached hydrogen (secondary N) is 1. The highest BCUT2D eigenvalue weighted by Gasteiger charge is 2.30. The zero-order valence-corrected chi connectivity index (χ0v) is 16.2. The van der Waals surface area contributed by atoms with Crippen molar-refractivity contribution in [3.8, 4) is 17.2 Å². The molecule has 164 valence electrons. The van der Waals surface area contributed by atoms with E-state index in [-0.39, 0.29) is 38.9 Å². The van der Waals surface area contributed by atoms with Gasteiger partial charge in [-0.15, -0.1) is 0 Å². The molecule has 0 spiro atoms. The number of aryl methyl sites for hydroxylation is 1. The van der Waals surface area contributed by atoms with Crippen LogP contribution in [0.2, 0.25) is 0 Å². The smallest absolute Gasteiger partial charge is 0.416 e. The predicted molar refractivity (Wildman–Crippen MR) is 109 cm³/mol. The van der Waals surface area contributed by atoms with Crippen LogP contribution < -0.4 is 10.7 Å². The van der Waals surface area contributed by atoms with Gasteiger partial charge in [0.25, 0.3) is 5.91 Å². The van der Waals surface area contributed by atoms with Gasteiger partial charge in [0.2, 0.25) is 0 Å². The summed E-state index contributed by atoms with van der Waals surface area (Å²) in [6, 6.07) is 6.78. The molecule has 0 aliphatic rings. The lowest BCUT2D eigenvalue weighted by Crippen LogP contribution is -2.15. The Balaban J connectivity index is 1.88. The number of hydrogen-bond donors (Lipinski definition) is 4. The number of phenolic OH excluding ortho intramolecular Hbond substituents is 2. The molecule has 0 fully saturated rings. The van der Waals surface area contributed by atoms with Crippen molar-refractivity contribution in [2.45, 2.75) is 13.1 Å². The van der Waals surface area contributed by atoms with Crippen molar-refractivity contribution in [2.24, 2.45) is 0 Å². The van der Waals surface area contributed by atoms with Gasteiger partial charge >= 0.3 is 6.18 Å². The number of fused-ring (bicyclic) bond motifs is 2. The van der Waals surface area contributed by atoms with Gasteiger partial charge in [0.05, 0.1) is 16.5 Å². The first-order valence-corrected chi connectivity index (χ1v) is 9.11. The molecular formula is C22H14F3NO6. The first-order chi connectivity index (χ1) is 15.0. The maximum absolute atomic E-state index is 12.9.